The highest BCUT2D eigenvalue weighted by Gasteiger charge is 2.08. The van der Waals surface area contributed by atoms with Crippen LogP contribution in [0.15, 0.2) is 36.1 Å². The van der Waals surface area contributed by atoms with Crippen LogP contribution >= 0.6 is 11.3 Å². The SMILES string of the molecule is CC(C)c1nccn1CCCNC(=O)c1ccc2ncsc2c1. The molecule has 1 N–H and O–H groups in total. The quantitative estimate of drug-likeness (QED) is 0.705. The molecule has 1 aromatic carbocycles. The Bertz CT molecular complexity index is 806. The predicted molar refractivity (Wildman–Crippen MR) is 92.9 cm³/mol. The molecule has 0 spiro atoms. The number of aromatic nitrogens is 3. The molecule has 0 unspecified atom stereocenters. The fraction of sp³-hybridized carbons (Fsp3) is 0.353. The van der Waals surface area contributed by atoms with E-state index < -0.39 is 0 Å². The lowest BCUT2D eigenvalue weighted by Crippen LogP contribution is -2.25. The van der Waals surface area contributed by atoms with Gasteiger partial charge < -0.3 is 9.88 Å². The molecule has 0 aliphatic rings. The van der Waals surface area contributed by atoms with E-state index in [0.29, 0.717) is 18.0 Å². The molecule has 6 heteroatoms. The molecular weight excluding hydrogens is 308 g/mol. The van der Waals surface area contributed by atoms with Gasteiger partial charge in [-0.1, -0.05) is 13.8 Å². The molecule has 120 valence electrons. The van der Waals surface area contributed by atoms with Gasteiger partial charge in [0.25, 0.3) is 5.91 Å². The number of rotatable bonds is 6. The van der Waals surface area contributed by atoms with E-state index in [1.165, 1.54) is 0 Å². The summed E-state index contributed by atoms with van der Waals surface area (Å²) in [5.41, 5.74) is 3.42. The minimum atomic E-state index is -0.0324. The van der Waals surface area contributed by atoms with Gasteiger partial charge in [0.15, 0.2) is 0 Å². The van der Waals surface area contributed by atoms with Crippen molar-refractivity contribution in [2.24, 2.45) is 0 Å². The number of carbonyl (C=O) groups is 1. The zero-order valence-electron chi connectivity index (χ0n) is 13.3. The Morgan fingerprint density at radius 2 is 2.22 bits per heavy atom. The summed E-state index contributed by atoms with van der Waals surface area (Å²) in [4.78, 5) is 20.8. The molecule has 0 saturated heterocycles. The number of aryl methyl sites for hydroxylation is 1. The standard InChI is InChI=1S/C17H20N4OS/c1-12(2)16-18-7-9-21(16)8-3-6-19-17(22)13-4-5-14-15(10-13)23-11-20-14/h4-5,7,9-12H,3,6,8H2,1-2H3,(H,19,22). The molecule has 5 nitrogen and oxygen atoms in total. The number of imidazole rings is 1. The number of thiazole rings is 1. The fourth-order valence-corrected chi connectivity index (χ4v) is 3.28. The molecule has 2 heterocycles. The first-order valence-electron chi connectivity index (χ1n) is 7.77. The molecule has 0 saturated carbocycles. The van der Waals surface area contributed by atoms with Crippen molar-refractivity contribution in [3.8, 4) is 0 Å². The van der Waals surface area contributed by atoms with Gasteiger partial charge >= 0.3 is 0 Å². The lowest BCUT2D eigenvalue weighted by Gasteiger charge is -2.10. The molecule has 0 aliphatic heterocycles. The summed E-state index contributed by atoms with van der Waals surface area (Å²) in [5, 5.41) is 2.98. The second kappa shape index (κ2) is 6.91. The summed E-state index contributed by atoms with van der Waals surface area (Å²) in [6.45, 7) is 5.78. The number of carbonyl (C=O) groups excluding carboxylic acids is 1. The van der Waals surface area contributed by atoms with Crippen LogP contribution < -0.4 is 5.32 Å². The van der Waals surface area contributed by atoms with Crippen molar-refractivity contribution in [2.45, 2.75) is 32.7 Å². The van der Waals surface area contributed by atoms with Crippen molar-refractivity contribution in [2.75, 3.05) is 6.54 Å². The van der Waals surface area contributed by atoms with Crippen LogP contribution in [-0.2, 0) is 6.54 Å². The first-order chi connectivity index (χ1) is 11.1. The second-order valence-corrected chi connectivity index (χ2v) is 6.66. The second-order valence-electron chi connectivity index (χ2n) is 5.78. The number of hydrogen-bond donors (Lipinski definition) is 1. The van der Waals surface area contributed by atoms with Crippen LogP contribution in [0.2, 0.25) is 0 Å². The van der Waals surface area contributed by atoms with Crippen LogP contribution in [0.3, 0.4) is 0 Å². The summed E-state index contributed by atoms with van der Waals surface area (Å²) in [6.07, 6.45) is 4.71. The first-order valence-corrected chi connectivity index (χ1v) is 8.65. The molecule has 0 fully saturated rings. The Balaban J connectivity index is 1.52. The van der Waals surface area contributed by atoms with Crippen LogP contribution in [-0.4, -0.2) is 27.0 Å². The van der Waals surface area contributed by atoms with Gasteiger partial charge in [-0.2, -0.15) is 0 Å². The molecule has 0 atom stereocenters. The number of hydrogen-bond acceptors (Lipinski definition) is 4. The number of benzene rings is 1. The van der Waals surface area contributed by atoms with Crippen molar-refractivity contribution in [1.82, 2.24) is 19.9 Å². The molecule has 0 bridgehead atoms. The Morgan fingerprint density at radius 3 is 3.04 bits per heavy atom. The van der Waals surface area contributed by atoms with Crippen molar-refractivity contribution in [1.29, 1.82) is 0 Å². The third kappa shape index (κ3) is 3.59. The summed E-state index contributed by atoms with van der Waals surface area (Å²) in [5.74, 6) is 1.47. The number of nitrogens with zero attached hydrogens (tertiary/aromatic N) is 3. The summed E-state index contributed by atoms with van der Waals surface area (Å²) >= 11 is 1.55. The monoisotopic (exact) mass is 328 g/mol. The lowest BCUT2D eigenvalue weighted by molar-refractivity contribution is 0.0953. The van der Waals surface area contributed by atoms with E-state index in [1.54, 1.807) is 16.8 Å². The molecule has 2 aromatic heterocycles. The van der Waals surface area contributed by atoms with Gasteiger partial charge in [-0.3, -0.25) is 4.79 Å². The Kier molecular flexibility index (Phi) is 4.71. The summed E-state index contributed by atoms with van der Waals surface area (Å²) in [7, 11) is 0. The van der Waals surface area contributed by atoms with Gasteiger partial charge in [0.2, 0.25) is 0 Å². The average Bonchev–Trinajstić information content (AvgIpc) is 3.19. The van der Waals surface area contributed by atoms with Crippen molar-refractivity contribution in [3.63, 3.8) is 0 Å². The maximum absolute atomic E-state index is 12.2. The van der Waals surface area contributed by atoms with Gasteiger partial charge in [0, 0.05) is 37.0 Å². The van der Waals surface area contributed by atoms with Crippen LogP contribution in [0.4, 0.5) is 0 Å². The number of amides is 1. The molecule has 23 heavy (non-hydrogen) atoms. The maximum Gasteiger partial charge on any atom is 0.251 e. The van der Waals surface area contributed by atoms with E-state index in [1.807, 2.05) is 30.6 Å². The normalized spacial score (nSPS) is 11.3. The van der Waals surface area contributed by atoms with E-state index in [0.717, 1.165) is 29.0 Å². The molecule has 3 aromatic rings. The zero-order chi connectivity index (χ0) is 16.2. The van der Waals surface area contributed by atoms with Crippen molar-refractivity contribution < 1.29 is 4.79 Å². The summed E-state index contributed by atoms with van der Waals surface area (Å²) < 4.78 is 3.19. The third-order valence-electron chi connectivity index (χ3n) is 3.72. The van der Waals surface area contributed by atoms with Gasteiger partial charge in [-0.15, -0.1) is 11.3 Å². The van der Waals surface area contributed by atoms with E-state index in [-0.39, 0.29) is 5.91 Å². The van der Waals surface area contributed by atoms with E-state index in [9.17, 15) is 4.79 Å². The first kappa shape index (κ1) is 15.7. The topological polar surface area (TPSA) is 59.8 Å². The highest BCUT2D eigenvalue weighted by atomic mass is 32.1. The number of nitrogens with one attached hydrogen (secondary N) is 1. The summed E-state index contributed by atoms with van der Waals surface area (Å²) in [6, 6.07) is 5.61. The third-order valence-corrected chi connectivity index (χ3v) is 4.51. The highest BCUT2D eigenvalue weighted by Crippen LogP contribution is 2.19. The molecule has 1 amide bonds. The van der Waals surface area contributed by atoms with E-state index >= 15 is 0 Å². The zero-order valence-corrected chi connectivity index (χ0v) is 14.1. The largest absolute Gasteiger partial charge is 0.352 e. The van der Waals surface area contributed by atoms with Gasteiger partial charge in [0.05, 0.1) is 15.7 Å². The molecule has 0 aliphatic carbocycles. The molecule has 0 radical (unpaired) electrons. The Morgan fingerprint density at radius 1 is 1.35 bits per heavy atom. The van der Waals surface area contributed by atoms with Gasteiger partial charge in [-0.05, 0) is 24.6 Å². The van der Waals surface area contributed by atoms with E-state index in [2.05, 4.69) is 33.7 Å². The molecule has 3 rings (SSSR count). The van der Waals surface area contributed by atoms with E-state index in [4.69, 9.17) is 0 Å². The average molecular weight is 328 g/mol. The fourth-order valence-electron chi connectivity index (χ4n) is 2.56. The van der Waals surface area contributed by atoms with Crippen molar-refractivity contribution in [3.05, 3.63) is 47.5 Å². The minimum absolute atomic E-state index is 0.0324. The lowest BCUT2D eigenvalue weighted by atomic mass is 10.2. The molecular formula is C17H20N4OS. The highest BCUT2D eigenvalue weighted by molar-refractivity contribution is 7.16. The van der Waals surface area contributed by atoms with Gasteiger partial charge in [-0.25, -0.2) is 9.97 Å². The van der Waals surface area contributed by atoms with Crippen LogP contribution in [0.25, 0.3) is 10.2 Å². The predicted octanol–water partition coefficient (Wildman–Crippen LogP) is 3.44. The van der Waals surface area contributed by atoms with Crippen LogP contribution in [0.1, 0.15) is 42.4 Å². The minimum Gasteiger partial charge on any atom is -0.352 e. The maximum atomic E-state index is 12.2. The smallest absolute Gasteiger partial charge is 0.251 e. The van der Waals surface area contributed by atoms with Gasteiger partial charge in [0.1, 0.15) is 5.82 Å². The Hall–Kier alpha value is -2.21. The van der Waals surface area contributed by atoms with Crippen LogP contribution in [0, 0.1) is 0 Å². The number of fused-ring (bicyclic) bond motifs is 1. The van der Waals surface area contributed by atoms with Crippen molar-refractivity contribution >= 4 is 27.5 Å². The Labute approximate surface area is 139 Å². The van der Waals surface area contributed by atoms with Crippen LogP contribution in [0.5, 0.6) is 0 Å².